The number of nitrogens with zero attached hydrogens (tertiary/aromatic N) is 4. The van der Waals surface area contributed by atoms with Crippen LogP contribution in [0.15, 0.2) is 52.4 Å². The van der Waals surface area contributed by atoms with Crippen LogP contribution in [0.3, 0.4) is 0 Å². The number of nitrogens with one attached hydrogen (secondary N) is 1. The van der Waals surface area contributed by atoms with Crippen molar-refractivity contribution in [2.24, 2.45) is 0 Å². The Morgan fingerprint density at radius 3 is 2.69 bits per heavy atom. The third-order valence-electron chi connectivity index (χ3n) is 5.50. The molecule has 0 saturated heterocycles. The van der Waals surface area contributed by atoms with Gasteiger partial charge in [0.25, 0.3) is 5.56 Å². The van der Waals surface area contributed by atoms with Crippen molar-refractivity contribution >= 4 is 40.0 Å². The lowest BCUT2D eigenvalue weighted by Gasteiger charge is -2.14. The molecule has 0 aliphatic carbocycles. The van der Waals surface area contributed by atoms with Gasteiger partial charge in [-0.1, -0.05) is 54.9 Å². The lowest BCUT2D eigenvalue weighted by atomic mass is 10.1. The normalized spacial score (nSPS) is 12.4. The van der Waals surface area contributed by atoms with Gasteiger partial charge in [0.05, 0.1) is 16.2 Å². The van der Waals surface area contributed by atoms with E-state index in [2.05, 4.69) is 22.4 Å². The van der Waals surface area contributed by atoms with Gasteiger partial charge in [-0.05, 0) is 51.0 Å². The van der Waals surface area contributed by atoms with Crippen molar-refractivity contribution in [2.75, 3.05) is 5.32 Å². The summed E-state index contributed by atoms with van der Waals surface area (Å²) in [5.41, 5.74) is 3.66. The molecule has 166 valence electrons. The summed E-state index contributed by atoms with van der Waals surface area (Å²) in [4.78, 5) is 26.0. The number of anilines is 1. The Kier molecular flexibility index (Phi) is 6.32. The number of thioether (sulfide) groups is 1. The smallest absolute Gasteiger partial charge is 0.262 e. The Labute approximate surface area is 190 Å². The van der Waals surface area contributed by atoms with Crippen molar-refractivity contribution in [3.05, 3.63) is 63.9 Å². The van der Waals surface area contributed by atoms with Gasteiger partial charge in [0.1, 0.15) is 0 Å². The molecular weight excluding hydrogens is 422 g/mol. The first kappa shape index (κ1) is 22.1. The maximum Gasteiger partial charge on any atom is 0.262 e. The summed E-state index contributed by atoms with van der Waals surface area (Å²) < 4.78 is 3.57. The van der Waals surface area contributed by atoms with Crippen molar-refractivity contribution < 1.29 is 4.79 Å². The van der Waals surface area contributed by atoms with Crippen LogP contribution in [0.5, 0.6) is 0 Å². The second-order valence-corrected chi connectivity index (χ2v) is 9.32. The number of benzene rings is 2. The third-order valence-corrected chi connectivity index (χ3v) is 6.55. The van der Waals surface area contributed by atoms with Gasteiger partial charge in [-0.3, -0.25) is 18.6 Å². The largest absolute Gasteiger partial charge is 0.325 e. The third kappa shape index (κ3) is 4.14. The fraction of sp³-hybridized carbons (Fsp3) is 0.333. The van der Waals surface area contributed by atoms with E-state index in [4.69, 9.17) is 0 Å². The van der Waals surface area contributed by atoms with E-state index in [1.165, 1.54) is 11.8 Å². The maximum absolute atomic E-state index is 13.1. The molecule has 0 aliphatic rings. The summed E-state index contributed by atoms with van der Waals surface area (Å²) >= 11 is 1.33. The monoisotopic (exact) mass is 449 g/mol. The number of rotatable bonds is 7. The molecule has 1 amide bonds. The number of carbonyl (C=O) groups is 1. The second-order valence-electron chi connectivity index (χ2n) is 8.01. The standard InChI is InChI=1S/C24H27N5O2S/c1-5-6-13-28-22(31)18-9-7-8-10-20(18)29-23(28)26-27-24(29)32-17(4)21(30)25-19-12-11-15(2)14-16(19)3/h7-12,14,17H,5-6,13H2,1-4H3,(H,25,30). The Balaban J connectivity index is 1.69. The number of carbonyl (C=O) groups excluding carboxylic acids is 1. The Bertz CT molecular complexity index is 1360. The van der Waals surface area contributed by atoms with Gasteiger partial charge in [0.2, 0.25) is 11.7 Å². The first-order valence-corrected chi connectivity index (χ1v) is 11.7. The van der Waals surface area contributed by atoms with Crippen LogP contribution in [0, 0.1) is 13.8 Å². The van der Waals surface area contributed by atoms with Gasteiger partial charge in [-0.25, -0.2) is 0 Å². The molecule has 32 heavy (non-hydrogen) atoms. The average Bonchev–Trinajstić information content (AvgIpc) is 3.19. The zero-order chi connectivity index (χ0) is 22.8. The minimum absolute atomic E-state index is 0.0638. The molecule has 4 aromatic rings. The van der Waals surface area contributed by atoms with Gasteiger partial charge in [-0.2, -0.15) is 0 Å². The lowest BCUT2D eigenvalue weighted by Crippen LogP contribution is -2.24. The molecule has 2 heterocycles. The summed E-state index contributed by atoms with van der Waals surface area (Å²) in [7, 11) is 0. The Hall–Kier alpha value is -3.13. The predicted octanol–water partition coefficient (Wildman–Crippen LogP) is 4.58. The van der Waals surface area contributed by atoms with Crippen LogP contribution < -0.4 is 10.9 Å². The minimum atomic E-state index is -0.405. The molecule has 2 aromatic carbocycles. The summed E-state index contributed by atoms with van der Waals surface area (Å²) in [5, 5.41) is 12.5. The van der Waals surface area contributed by atoms with Crippen LogP contribution in [-0.4, -0.2) is 30.3 Å². The van der Waals surface area contributed by atoms with Crippen LogP contribution in [0.25, 0.3) is 16.7 Å². The molecule has 1 unspecified atom stereocenters. The molecule has 8 heteroatoms. The van der Waals surface area contributed by atoms with E-state index >= 15 is 0 Å². The van der Waals surface area contributed by atoms with Gasteiger partial charge in [-0.15, -0.1) is 10.2 Å². The predicted molar refractivity (Wildman–Crippen MR) is 130 cm³/mol. The molecule has 0 saturated carbocycles. The molecule has 0 spiro atoms. The topological polar surface area (TPSA) is 81.3 Å². The Morgan fingerprint density at radius 2 is 1.94 bits per heavy atom. The fourth-order valence-electron chi connectivity index (χ4n) is 3.73. The van der Waals surface area contributed by atoms with E-state index in [-0.39, 0.29) is 11.5 Å². The fourth-order valence-corrected chi connectivity index (χ4v) is 4.58. The second kappa shape index (κ2) is 9.16. The molecule has 0 radical (unpaired) electrons. The highest BCUT2D eigenvalue weighted by molar-refractivity contribution is 8.00. The van der Waals surface area contributed by atoms with E-state index < -0.39 is 5.25 Å². The van der Waals surface area contributed by atoms with E-state index in [9.17, 15) is 9.59 Å². The molecular formula is C24H27N5O2S. The molecule has 4 rings (SSSR count). The van der Waals surface area contributed by atoms with Crippen molar-refractivity contribution in [3.63, 3.8) is 0 Å². The number of unbranched alkanes of at least 4 members (excludes halogenated alkanes) is 1. The van der Waals surface area contributed by atoms with Crippen LogP contribution in [0.1, 0.15) is 37.8 Å². The van der Waals surface area contributed by atoms with E-state index in [0.29, 0.717) is 22.9 Å². The molecule has 0 aliphatic heterocycles. The molecule has 1 N–H and O–H groups in total. The highest BCUT2D eigenvalue weighted by Crippen LogP contribution is 2.26. The van der Waals surface area contributed by atoms with Gasteiger partial charge < -0.3 is 5.32 Å². The van der Waals surface area contributed by atoms with E-state index in [0.717, 1.165) is 35.2 Å². The van der Waals surface area contributed by atoms with E-state index in [1.807, 2.05) is 67.6 Å². The van der Waals surface area contributed by atoms with Crippen molar-refractivity contribution in [1.29, 1.82) is 0 Å². The maximum atomic E-state index is 13.1. The number of hydrogen-bond donors (Lipinski definition) is 1. The summed E-state index contributed by atoms with van der Waals surface area (Å²) in [6, 6.07) is 13.4. The van der Waals surface area contributed by atoms with Crippen LogP contribution >= 0.6 is 11.8 Å². The highest BCUT2D eigenvalue weighted by Gasteiger charge is 2.22. The first-order chi connectivity index (χ1) is 15.4. The summed E-state index contributed by atoms with van der Waals surface area (Å²) in [5.74, 6) is 0.397. The zero-order valence-electron chi connectivity index (χ0n) is 18.8. The molecule has 0 fully saturated rings. The Morgan fingerprint density at radius 1 is 1.16 bits per heavy atom. The number of aromatic nitrogens is 4. The van der Waals surface area contributed by atoms with Crippen LogP contribution in [-0.2, 0) is 11.3 Å². The highest BCUT2D eigenvalue weighted by atomic mass is 32.2. The first-order valence-electron chi connectivity index (χ1n) is 10.8. The number of aryl methyl sites for hydroxylation is 3. The number of para-hydroxylation sites is 1. The van der Waals surface area contributed by atoms with Crippen LogP contribution in [0.4, 0.5) is 5.69 Å². The summed E-state index contributed by atoms with van der Waals surface area (Å²) in [6.07, 6.45) is 1.84. The van der Waals surface area contributed by atoms with Gasteiger partial charge in [0, 0.05) is 12.2 Å². The minimum Gasteiger partial charge on any atom is -0.325 e. The van der Waals surface area contributed by atoms with Crippen molar-refractivity contribution in [2.45, 2.75) is 57.5 Å². The summed E-state index contributed by atoms with van der Waals surface area (Å²) in [6.45, 7) is 8.52. The lowest BCUT2D eigenvalue weighted by molar-refractivity contribution is -0.115. The molecule has 2 aromatic heterocycles. The molecule has 1 atom stereocenters. The molecule has 7 nitrogen and oxygen atoms in total. The number of fused-ring (bicyclic) bond motifs is 3. The number of amides is 1. The van der Waals surface area contributed by atoms with Crippen LogP contribution in [0.2, 0.25) is 0 Å². The quantitative estimate of drug-likeness (QED) is 0.418. The zero-order valence-corrected chi connectivity index (χ0v) is 19.6. The van der Waals surface area contributed by atoms with Gasteiger partial charge >= 0.3 is 0 Å². The SMILES string of the molecule is CCCCn1c(=O)c2ccccc2n2c(SC(C)C(=O)Nc3ccc(C)cc3C)nnc12. The molecule has 0 bridgehead atoms. The van der Waals surface area contributed by atoms with Crippen molar-refractivity contribution in [1.82, 2.24) is 19.2 Å². The van der Waals surface area contributed by atoms with Gasteiger partial charge in [0.15, 0.2) is 5.16 Å². The average molecular weight is 450 g/mol. The number of hydrogen-bond acceptors (Lipinski definition) is 5. The van der Waals surface area contributed by atoms with Crippen molar-refractivity contribution in [3.8, 4) is 0 Å². The van der Waals surface area contributed by atoms with E-state index in [1.54, 1.807) is 4.57 Å².